The molecule has 2 unspecified atom stereocenters. The minimum atomic E-state index is 0.536. The van der Waals surface area contributed by atoms with Crippen molar-refractivity contribution in [2.24, 2.45) is 0 Å². The highest BCUT2D eigenvalue weighted by molar-refractivity contribution is 7.99. The van der Waals surface area contributed by atoms with Crippen LogP contribution in [-0.2, 0) is 6.42 Å². The van der Waals surface area contributed by atoms with Crippen LogP contribution in [0.2, 0.25) is 0 Å². The van der Waals surface area contributed by atoms with Gasteiger partial charge in [-0.25, -0.2) is 4.98 Å². The Kier molecular flexibility index (Phi) is 5.95. The van der Waals surface area contributed by atoms with Crippen LogP contribution in [0.4, 0.5) is 0 Å². The van der Waals surface area contributed by atoms with Gasteiger partial charge in [-0.2, -0.15) is 11.8 Å². The maximum atomic E-state index is 4.44. The number of hydrogen-bond acceptors (Lipinski definition) is 5. The SMILES string of the molecule is CCCNC(Cc1nccs1)C1CSCCN1C. The number of thioether (sulfide) groups is 1. The largest absolute Gasteiger partial charge is 0.312 e. The van der Waals surface area contributed by atoms with Crippen molar-refractivity contribution in [3.8, 4) is 0 Å². The minimum absolute atomic E-state index is 0.536. The van der Waals surface area contributed by atoms with Crippen LogP contribution >= 0.6 is 23.1 Å². The lowest BCUT2D eigenvalue weighted by atomic mass is 10.0. The molecular weight excluding hydrogens is 262 g/mol. The molecule has 18 heavy (non-hydrogen) atoms. The molecule has 1 saturated heterocycles. The fourth-order valence-electron chi connectivity index (χ4n) is 2.34. The highest BCUT2D eigenvalue weighted by Crippen LogP contribution is 2.20. The van der Waals surface area contributed by atoms with Gasteiger partial charge in [-0.15, -0.1) is 11.3 Å². The summed E-state index contributed by atoms with van der Waals surface area (Å²) in [6.07, 6.45) is 4.17. The standard InChI is InChI=1S/C13H23N3S2/c1-3-4-14-11(9-13-15-5-7-18-13)12-10-17-8-6-16(12)2/h5,7,11-12,14H,3-4,6,8-10H2,1-2H3. The summed E-state index contributed by atoms with van der Waals surface area (Å²) in [7, 11) is 2.26. The number of likely N-dealkylation sites (N-methyl/N-ethyl adjacent to an activating group) is 1. The van der Waals surface area contributed by atoms with E-state index in [1.807, 2.05) is 6.20 Å². The Morgan fingerprint density at radius 2 is 2.50 bits per heavy atom. The monoisotopic (exact) mass is 285 g/mol. The number of hydrogen-bond donors (Lipinski definition) is 1. The second-order valence-electron chi connectivity index (χ2n) is 4.81. The molecule has 0 saturated carbocycles. The third-order valence-electron chi connectivity index (χ3n) is 3.44. The van der Waals surface area contributed by atoms with E-state index in [0.29, 0.717) is 12.1 Å². The fraction of sp³-hybridized carbons (Fsp3) is 0.769. The zero-order valence-corrected chi connectivity index (χ0v) is 12.9. The van der Waals surface area contributed by atoms with Crippen LogP contribution in [0.25, 0.3) is 0 Å². The third kappa shape index (κ3) is 3.95. The van der Waals surface area contributed by atoms with Crippen molar-refractivity contribution >= 4 is 23.1 Å². The first kappa shape index (κ1) is 14.3. The second kappa shape index (κ2) is 7.48. The van der Waals surface area contributed by atoms with Gasteiger partial charge in [0.15, 0.2) is 0 Å². The minimum Gasteiger partial charge on any atom is -0.312 e. The Morgan fingerprint density at radius 3 is 3.17 bits per heavy atom. The van der Waals surface area contributed by atoms with E-state index < -0.39 is 0 Å². The normalized spacial score (nSPS) is 23.1. The molecular formula is C13H23N3S2. The highest BCUT2D eigenvalue weighted by atomic mass is 32.2. The summed E-state index contributed by atoms with van der Waals surface area (Å²) in [5.74, 6) is 2.51. The van der Waals surface area contributed by atoms with Crippen LogP contribution in [0, 0.1) is 0 Å². The number of nitrogens with one attached hydrogen (secondary N) is 1. The van der Waals surface area contributed by atoms with Gasteiger partial charge in [-0.1, -0.05) is 6.92 Å². The van der Waals surface area contributed by atoms with Gasteiger partial charge in [0, 0.05) is 48.1 Å². The number of thiazole rings is 1. The number of rotatable bonds is 6. The second-order valence-corrected chi connectivity index (χ2v) is 6.94. The first-order chi connectivity index (χ1) is 8.81. The van der Waals surface area contributed by atoms with Crippen LogP contribution < -0.4 is 5.32 Å². The molecule has 0 aliphatic carbocycles. The number of nitrogens with zero attached hydrogens (tertiary/aromatic N) is 2. The molecule has 0 bridgehead atoms. The molecule has 2 heterocycles. The lowest BCUT2D eigenvalue weighted by Gasteiger charge is -2.38. The summed E-state index contributed by atoms with van der Waals surface area (Å²) >= 11 is 3.86. The van der Waals surface area contributed by atoms with Gasteiger partial charge < -0.3 is 10.2 Å². The van der Waals surface area contributed by atoms with Crippen LogP contribution in [0.5, 0.6) is 0 Å². The Labute approximate surface area is 118 Å². The van der Waals surface area contributed by atoms with E-state index in [1.165, 1.54) is 29.5 Å². The molecule has 0 radical (unpaired) electrons. The molecule has 1 fully saturated rings. The van der Waals surface area contributed by atoms with Crippen molar-refractivity contribution in [3.63, 3.8) is 0 Å². The van der Waals surface area contributed by atoms with Gasteiger partial charge in [0.25, 0.3) is 0 Å². The van der Waals surface area contributed by atoms with E-state index in [0.717, 1.165) is 13.0 Å². The molecule has 2 atom stereocenters. The Bertz CT molecular complexity index is 329. The lowest BCUT2D eigenvalue weighted by Crippen LogP contribution is -2.53. The first-order valence-corrected chi connectivity index (χ1v) is 8.74. The molecule has 5 heteroatoms. The quantitative estimate of drug-likeness (QED) is 0.866. The van der Waals surface area contributed by atoms with Crippen molar-refractivity contribution in [2.75, 3.05) is 31.6 Å². The molecule has 1 aliphatic heterocycles. The maximum Gasteiger partial charge on any atom is 0.0940 e. The average Bonchev–Trinajstić information content (AvgIpc) is 2.88. The van der Waals surface area contributed by atoms with Gasteiger partial charge in [-0.05, 0) is 20.0 Å². The lowest BCUT2D eigenvalue weighted by molar-refractivity contribution is 0.213. The predicted molar refractivity (Wildman–Crippen MR) is 81.6 cm³/mol. The van der Waals surface area contributed by atoms with Crippen LogP contribution in [-0.4, -0.2) is 53.6 Å². The highest BCUT2D eigenvalue weighted by Gasteiger charge is 2.28. The summed E-state index contributed by atoms with van der Waals surface area (Å²) < 4.78 is 0. The molecule has 2 rings (SSSR count). The van der Waals surface area contributed by atoms with Crippen molar-refractivity contribution in [1.82, 2.24) is 15.2 Å². The van der Waals surface area contributed by atoms with E-state index in [2.05, 4.69) is 46.3 Å². The first-order valence-electron chi connectivity index (χ1n) is 6.71. The molecule has 0 amide bonds. The summed E-state index contributed by atoms with van der Waals surface area (Å²) in [6.45, 7) is 4.54. The van der Waals surface area contributed by atoms with Gasteiger partial charge in [0.1, 0.15) is 0 Å². The molecule has 1 aromatic heterocycles. The molecule has 3 nitrogen and oxygen atoms in total. The maximum absolute atomic E-state index is 4.44. The van der Waals surface area contributed by atoms with Crippen LogP contribution in [0.3, 0.4) is 0 Å². The van der Waals surface area contributed by atoms with Crippen molar-refractivity contribution in [3.05, 3.63) is 16.6 Å². The molecule has 102 valence electrons. The molecule has 1 N–H and O–H groups in total. The summed E-state index contributed by atoms with van der Waals surface area (Å²) in [6, 6.07) is 1.17. The Hall–Kier alpha value is -0.100. The summed E-state index contributed by atoms with van der Waals surface area (Å²) in [5.41, 5.74) is 0. The molecule has 1 aromatic rings. The fourth-order valence-corrected chi connectivity index (χ4v) is 4.33. The van der Waals surface area contributed by atoms with E-state index >= 15 is 0 Å². The topological polar surface area (TPSA) is 28.2 Å². The van der Waals surface area contributed by atoms with E-state index in [-0.39, 0.29) is 0 Å². The van der Waals surface area contributed by atoms with Gasteiger partial charge >= 0.3 is 0 Å². The van der Waals surface area contributed by atoms with E-state index in [4.69, 9.17) is 0 Å². The van der Waals surface area contributed by atoms with Crippen molar-refractivity contribution in [1.29, 1.82) is 0 Å². The third-order valence-corrected chi connectivity index (χ3v) is 5.29. The van der Waals surface area contributed by atoms with Gasteiger partial charge in [-0.3, -0.25) is 0 Å². The van der Waals surface area contributed by atoms with Crippen LogP contribution in [0.1, 0.15) is 18.4 Å². The van der Waals surface area contributed by atoms with Crippen molar-refractivity contribution in [2.45, 2.75) is 31.8 Å². The van der Waals surface area contributed by atoms with E-state index in [1.54, 1.807) is 11.3 Å². The van der Waals surface area contributed by atoms with E-state index in [9.17, 15) is 0 Å². The van der Waals surface area contributed by atoms with Gasteiger partial charge in [0.2, 0.25) is 0 Å². The number of aromatic nitrogens is 1. The molecule has 0 aromatic carbocycles. The Morgan fingerprint density at radius 1 is 1.61 bits per heavy atom. The summed E-state index contributed by atoms with van der Waals surface area (Å²) in [5, 5.41) is 7.05. The van der Waals surface area contributed by atoms with Crippen LogP contribution in [0.15, 0.2) is 11.6 Å². The van der Waals surface area contributed by atoms with Gasteiger partial charge in [0.05, 0.1) is 5.01 Å². The molecule has 0 spiro atoms. The Balaban J connectivity index is 1.98. The zero-order valence-electron chi connectivity index (χ0n) is 11.3. The average molecular weight is 285 g/mol. The summed E-state index contributed by atoms with van der Waals surface area (Å²) in [4.78, 5) is 6.95. The van der Waals surface area contributed by atoms with Crippen molar-refractivity contribution < 1.29 is 0 Å². The molecule has 1 aliphatic rings. The predicted octanol–water partition coefficient (Wildman–Crippen LogP) is 2.10. The smallest absolute Gasteiger partial charge is 0.0940 e. The zero-order chi connectivity index (χ0) is 12.8.